The molecule has 4 heterocycles. The fourth-order valence-electron chi connectivity index (χ4n) is 4.75. The van der Waals surface area contributed by atoms with Gasteiger partial charge in [0.25, 0.3) is 0 Å². The summed E-state index contributed by atoms with van der Waals surface area (Å²) in [5, 5.41) is 0. The van der Waals surface area contributed by atoms with Crippen LogP contribution in [-0.2, 0) is 9.47 Å². The molecule has 2 atom stereocenters. The number of rotatable bonds is 7. The van der Waals surface area contributed by atoms with Crippen LogP contribution in [0, 0.1) is 13.8 Å². The highest BCUT2D eigenvalue weighted by Crippen LogP contribution is 2.36. The zero-order valence-electron chi connectivity index (χ0n) is 21.2. The average Bonchev–Trinajstić information content (AvgIpc) is 3.41. The molecule has 1 saturated heterocycles. The number of ether oxygens (including phenoxy) is 3. The Morgan fingerprint density at radius 3 is 2.60 bits per heavy atom. The SMILES string of the molecule is COC(=O)N1C[C@H](OCCF)[C@H](n2cc(C)c3nc(-c4ccc(C(C)C)nc4OC)c(C)cc32)C1. The molecule has 0 N–H and O–H groups in total. The number of halogens is 1. The molecule has 0 unspecified atom stereocenters. The van der Waals surface area contributed by atoms with Crippen LogP contribution in [-0.4, -0.2) is 72.2 Å². The molecule has 0 aromatic carbocycles. The van der Waals surface area contributed by atoms with Crippen molar-refractivity contribution in [3.8, 4) is 17.1 Å². The largest absolute Gasteiger partial charge is 0.480 e. The average molecular weight is 485 g/mol. The summed E-state index contributed by atoms with van der Waals surface area (Å²) >= 11 is 0. The predicted molar refractivity (Wildman–Crippen MR) is 132 cm³/mol. The summed E-state index contributed by atoms with van der Waals surface area (Å²) < 4.78 is 31.3. The minimum absolute atomic E-state index is 0.0189. The van der Waals surface area contributed by atoms with E-state index in [0.717, 1.165) is 39.1 Å². The van der Waals surface area contributed by atoms with Crippen molar-refractivity contribution >= 4 is 17.1 Å². The Labute approximate surface area is 205 Å². The number of aromatic nitrogens is 3. The van der Waals surface area contributed by atoms with E-state index in [1.807, 2.05) is 32.2 Å². The Balaban J connectivity index is 1.78. The van der Waals surface area contributed by atoms with E-state index in [9.17, 15) is 9.18 Å². The fourth-order valence-corrected chi connectivity index (χ4v) is 4.75. The van der Waals surface area contributed by atoms with E-state index in [-0.39, 0.29) is 24.7 Å². The summed E-state index contributed by atoms with van der Waals surface area (Å²) in [6.07, 6.45) is 1.25. The number of likely N-dealkylation sites (tertiary alicyclic amines) is 1. The van der Waals surface area contributed by atoms with Gasteiger partial charge in [-0.15, -0.1) is 0 Å². The van der Waals surface area contributed by atoms with Crippen LogP contribution >= 0.6 is 0 Å². The minimum atomic E-state index is -0.581. The number of methoxy groups -OCH3 is 2. The topological polar surface area (TPSA) is 78.7 Å². The maximum Gasteiger partial charge on any atom is 0.409 e. The van der Waals surface area contributed by atoms with Crippen LogP contribution in [0.4, 0.5) is 9.18 Å². The first kappa shape index (κ1) is 24.9. The number of hydrogen-bond acceptors (Lipinski definition) is 6. The van der Waals surface area contributed by atoms with Crippen molar-refractivity contribution in [2.45, 2.75) is 45.8 Å². The van der Waals surface area contributed by atoms with Gasteiger partial charge < -0.3 is 23.7 Å². The third-order valence-electron chi connectivity index (χ3n) is 6.54. The molecule has 0 saturated carbocycles. The lowest BCUT2D eigenvalue weighted by molar-refractivity contribution is 0.0299. The van der Waals surface area contributed by atoms with E-state index < -0.39 is 12.8 Å². The van der Waals surface area contributed by atoms with Gasteiger partial charge in [0.15, 0.2) is 0 Å². The third kappa shape index (κ3) is 4.69. The van der Waals surface area contributed by atoms with Gasteiger partial charge in [0.2, 0.25) is 5.88 Å². The Morgan fingerprint density at radius 2 is 1.94 bits per heavy atom. The quantitative estimate of drug-likeness (QED) is 0.478. The molecule has 188 valence electrons. The number of carbonyl (C=O) groups is 1. The molecular formula is C26H33FN4O4. The molecule has 9 heteroatoms. The smallest absolute Gasteiger partial charge is 0.409 e. The number of carbonyl (C=O) groups excluding carboxylic acids is 1. The van der Waals surface area contributed by atoms with Crippen LogP contribution < -0.4 is 4.74 Å². The van der Waals surface area contributed by atoms with Crippen LogP contribution in [0.15, 0.2) is 24.4 Å². The molecule has 1 aliphatic rings. The summed E-state index contributed by atoms with van der Waals surface area (Å²) in [6, 6.07) is 5.93. The van der Waals surface area contributed by atoms with Crippen molar-refractivity contribution in [3.05, 3.63) is 41.2 Å². The molecule has 1 fully saturated rings. The highest BCUT2D eigenvalue weighted by atomic mass is 19.1. The molecule has 3 aromatic rings. The highest BCUT2D eigenvalue weighted by molar-refractivity contribution is 5.85. The Hall–Kier alpha value is -3.20. The summed E-state index contributed by atoms with van der Waals surface area (Å²) in [5.41, 5.74) is 6.35. The van der Waals surface area contributed by atoms with Crippen LogP contribution in [0.1, 0.15) is 42.6 Å². The molecule has 1 amide bonds. The molecule has 0 spiro atoms. The van der Waals surface area contributed by atoms with Crippen LogP contribution in [0.25, 0.3) is 22.3 Å². The van der Waals surface area contributed by atoms with Crippen LogP contribution in [0.5, 0.6) is 5.88 Å². The summed E-state index contributed by atoms with van der Waals surface area (Å²) in [5.74, 6) is 0.835. The van der Waals surface area contributed by atoms with Crippen molar-refractivity contribution in [3.63, 3.8) is 0 Å². The molecular weight excluding hydrogens is 451 g/mol. The molecule has 35 heavy (non-hydrogen) atoms. The lowest BCUT2D eigenvalue weighted by Crippen LogP contribution is -2.30. The monoisotopic (exact) mass is 484 g/mol. The normalized spacial score (nSPS) is 18.0. The second-order valence-corrected chi connectivity index (χ2v) is 9.23. The van der Waals surface area contributed by atoms with Crippen molar-refractivity contribution in [1.29, 1.82) is 0 Å². The number of hydrogen-bond donors (Lipinski definition) is 0. The summed E-state index contributed by atoms with van der Waals surface area (Å²) in [6.45, 7) is 8.35. The molecule has 1 aliphatic heterocycles. The first-order valence-electron chi connectivity index (χ1n) is 11.8. The maximum atomic E-state index is 12.9. The Morgan fingerprint density at radius 1 is 1.17 bits per heavy atom. The first-order chi connectivity index (χ1) is 16.8. The van der Waals surface area contributed by atoms with Gasteiger partial charge in [-0.1, -0.05) is 13.8 Å². The molecule has 4 rings (SSSR count). The molecule has 0 radical (unpaired) electrons. The minimum Gasteiger partial charge on any atom is -0.480 e. The van der Waals surface area contributed by atoms with Gasteiger partial charge in [0.1, 0.15) is 6.67 Å². The van der Waals surface area contributed by atoms with Gasteiger partial charge in [0.05, 0.1) is 61.8 Å². The van der Waals surface area contributed by atoms with Crippen molar-refractivity contribution in [2.24, 2.45) is 0 Å². The summed E-state index contributed by atoms with van der Waals surface area (Å²) in [4.78, 5) is 23.5. The predicted octanol–water partition coefficient (Wildman–Crippen LogP) is 4.82. The van der Waals surface area contributed by atoms with Gasteiger partial charge in [-0.05, 0) is 49.1 Å². The molecule has 8 nitrogen and oxygen atoms in total. The van der Waals surface area contributed by atoms with Crippen molar-refractivity contribution < 1.29 is 23.4 Å². The van der Waals surface area contributed by atoms with E-state index >= 15 is 0 Å². The zero-order chi connectivity index (χ0) is 25.3. The second-order valence-electron chi connectivity index (χ2n) is 9.23. The van der Waals surface area contributed by atoms with Crippen LogP contribution in [0.3, 0.4) is 0 Å². The summed E-state index contributed by atoms with van der Waals surface area (Å²) in [7, 11) is 2.98. The van der Waals surface area contributed by atoms with Crippen molar-refractivity contribution in [2.75, 3.05) is 40.6 Å². The maximum absolute atomic E-state index is 12.9. The fraction of sp³-hybridized carbons (Fsp3) is 0.500. The highest BCUT2D eigenvalue weighted by Gasteiger charge is 2.38. The lowest BCUT2D eigenvalue weighted by atomic mass is 10.0. The van der Waals surface area contributed by atoms with Crippen LogP contribution in [0.2, 0.25) is 0 Å². The lowest BCUT2D eigenvalue weighted by Gasteiger charge is -2.21. The standard InChI is InChI=1S/C26H33FN4O4/c1-15(2)19-8-7-18(25(28-19)33-5)23-16(3)11-20-24(29-23)17(4)12-31(20)21-13-30(26(32)34-6)14-22(21)35-10-9-27/h7-8,11-12,15,21-22H,9-10,13-14H2,1-6H3/t21-,22+/m1/s1. The Kier molecular flexibility index (Phi) is 7.25. The number of fused-ring (bicyclic) bond motifs is 1. The van der Waals surface area contributed by atoms with E-state index in [0.29, 0.717) is 19.0 Å². The van der Waals surface area contributed by atoms with E-state index in [1.165, 1.54) is 7.11 Å². The molecule has 0 aliphatic carbocycles. The molecule has 3 aromatic heterocycles. The van der Waals surface area contributed by atoms with Crippen molar-refractivity contribution in [1.82, 2.24) is 19.4 Å². The third-order valence-corrected chi connectivity index (χ3v) is 6.54. The number of nitrogens with zero attached hydrogens (tertiary/aromatic N) is 4. The van der Waals surface area contributed by atoms with Gasteiger partial charge in [0, 0.05) is 18.4 Å². The molecule has 0 bridgehead atoms. The van der Waals surface area contributed by atoms with Gasteiger partial charge in [-0.25, -0.2) is 19.2 Å². The van der Waals surface area contributed by atoms with E-state index in [1.54, 1.807) is 12.0 Å². The number of aryl methyl sites for hydroxylation is 2. The Bertz CT molecular complexity index is 1230. The number of pyridine rings is 2. The zero-order valence-corrected chi connectivity index (χ0v) is 21.2. The van der Waals surface area contributed by atoms with E-state index in [4.69, 9.17) is 19.2 Å². The van der Waals surface area contributed by atoms with E-state index in [2.05, 4.69) is 29.5 Å². The van der Waals surface area contributed by atoms with Gasteiger partial charge >= 0.3 is 6.09 Å². The first-order valence-corrected chi connectivity index (χ1v) is 11.8. The van der Waals surface area contributed by atoms with Gasteiger partial charge in [-0.2, -0.15) is 0 Å². The van der Waals surface area contributed by atoms with Gasteiger partial charge in [-0.3, -0.25) is 0 Å². The number of amides is 1. The second kappa shape index (κ2) is 10.2. The number of alkyl halides is 1.